The van der Waals surface area contributed by atoms with E-state index in [4.69, 9.17) is 9.47 Å². The molecule has 0 saturated carbocycles. The van der Waals surface area contributed by atoms with Gasteiger partial charge in [-0.15, -0.1) is 0 Å². The van der Waals surface area contributed by atoms with Gasteiger partial charge in [-0.3, -0.25) is 9.89 Å². The van der Waals surface area contributed by atoms with Crippen LogP contribution in [0.15, 0.2) is 36.4 Å². The largest absolute Gasteiger partial charge is 0.492 e. The van der Waals surface area contributed by atoms with E-state index in [1.807, 2.05) is 59.1 Å². The second-order valence-corrected chi connectivity index (χ2v) is 10.3. The SMILES string of the molecule is CN(C)CCOc1ccc2nc(-c3n[nH]c4ccc(C(=O)NCCCNC(=O)OC(C)(C)C)cc34)[nH]c2c1. The molecule has 0 aliphatic carbocycles. The number of rotatable bonds is 10. The minimum Gasteiger partial charge on any atom is -0.492 e. The number of H-pyrrole nitrogens is 2. The molecule has 0 bridgehead atoms. The Morgan fingerprint density at radius 2 is 1.82 bits per heavy atom. The molecule has 11 nitrogen and oxygen atoms in total. The van der Waals surface area contributed by atoms with Gasteiger partial charge in [-0.2, -0.15) is 5.10 Å². The molecule has 38 heavy (non-hydrogen) atoms. The summed E-state index contributed by atoms with van der Waals surface area (Å²) < 4.78 is 11.0. The number of fused-ring (bicyclic) bond motifs is 2. The first-order chi connectivity index (χ1) is 18.1. The van der Waals surface area contributed by atoms with Gasteiger partial charge in [0.1, 0.15) is 23.7 Å². The Balaban J connectivity index is 1.40. The van der Waals surface area contributed by atoms with Crippen LogP contribution in [0.5, 0.6) is 5.75 Å². The number of hydrogen-bond donors (Lipinski definition) is 4. The summed E-state index contributed by atoms with van der Waals surface area (Å²) in [5.41, 5.74) is 3.02. The number of alkyl carbamates (subject to hydrolysis) is 1. The molecule has 0 aliphatic heterocycles. The highest BCUT2D eigenvalue weighted by atomic mass is 16.6. The minimum atomic E-state index is -0.547. The van der Waals surface area contributed by atoms with Crippen LogP contribution in [0.2, 0.25) is 0 Å². The Morgan fingerprint density at radius 3 is 2.58 bits per heavy atom. The molecule has 202 valence electrons. The van der Waals surface area contributed by atoms with Gasteiger partial charge >= 0.3 is 6.09 Å². The lowest BCUT2D eigenvalue weighted by Crippen LogP contribution is -2.34. The third-order valence-electron chi connectivity index (χ3n) is 5.62. The van der Waals surface area contributed by atoms with Crippen molar-refractivity contribution < 1.29 is 19.1 Å². The zero-order valence-electron chi connectivity index (χ0n) is 22.5. The fraction of sp³-hybridized carbons (Fsp3) is 0.407. The lowest BCUT2D eigenvalue weighted by atomic mass is 10.1. The first-order valence-electron chi connectivity index (χ1n) is 12.6. The number of imidazole rings is 1. The third kappa shape index (κ3) is 7.00. The van der Waals surface area contributed by atoms with Crippen LogP contribution >= 0.6 is 0 Å². The lowest BCUT2D eigenvalue weighted by molar-refractivity contribution is 0.0527. The lowest BCUT2D eigenvalue weighted by Gasteiger charge is -2.19. The summed E-state index contributed by atoms with van der Waals surface area (Å²) in [6, 6.07) is 11.1. The van der Waals surface area contributed by atoms with Crippen molar-refractivity contribution in [3.8, 4) is 17.3 Å². The Labute approximate surface area is 221 Å². The number of aromatic amines is 2. The summed E-state index contributed by atoms with van der Waals surface area (Å²) in [6.45, 7) is 7.65. The summed E-state index contributed by atoms with van der Waals surface area (Å²) in [4.78, 5) is 34.5. The Kier molecular flexibility index (Phi) is 8.16. The minimum absolute atomic E-state index is 0.208. The number of carbonyl (C=O) groups excluding carboxylic acids is 2. The summed E-state index contributed by atoms with van der Waals surface area (Å²) in [5, 5.41) is 13.8. The second kappa shape index (κ2) is 11.5. The van der Waals surface area contributed by atoms with E-state index < -0.39 is 11.7 Å². The summed E-state index contributed by atoms with van der Waals surface area (Å²) >= 11 is 0. The van der Waals surface area contributed by atoms with E-state index in [9.17, 15) is 9.59 Å². The van der Waals surface area contributed by atoms with E-state index in [2.05, 4.69) is 35.7 Å². The maximum absolute atomic E-state index is 12.8. The molecule has 0 atom stereocenters. The average molecular weight is 522 g/mol. The highest BCUT2D eigenvalue weighted by molar-refractivity contribution is 6.01. The third-order valence-corrected chi connectivity index (χ3v) is 5.62. The van der Waals surface area contributed by atoms with Gasteiger partial charge in [0, 0.05) is 36.7 Å². The van der Waals surface area contributed by atoms with Crippen LogP contribution in [-0.4, -0.2) is 83.0 Å². The Morgan fingerprint density at radius 1 is 1.03 bits per heavy atom. The molecule has 0 unspecified atom stereocenters. The van der Waals surface area contributed by atoms with Crippen molar-refractivity contribution in [3.63, 3.8) is 0 Å². The molecule has 0 spiro atoms. The molecule has 11 heteroatoms. The molecular formula is C27H35N7O4. The highest BCUT2D eigenvalue weighted by Crippen LogP contribution is 2.28. The van der Waals surface area contributed by atoms with Crippen LogP contribution in [0.3, 0.4) is 0 Å². The number of carbonyl (C=O) groups is 2. The number of amides is 2. The van der Waals surface area contributed by atoms with E-state index in [0.29, 0.717) is 43.2 Å². The van der Waals surface area contributed by atoms with Gasteiger partial charge in [-0.05, 0) is 71.6 Å². The van der Waals surface area contributed by atoms with Crippen molar-refractivity contribution in [2.24, 2.45) is 0 Å². The normalized spacial score (nSPS) is 11.7. The van der Waals surface area contributed by atoms with Gasteiger partial charge in [0.15, 0.2) is 5.82 Å². The topological polar surface area (TPSA) is 137 Å². The molecule has 0 radical (unpaired) electrons. The van der Waals surface area contributed by atoms with Crippen LogP contribution in [0, 0.1) is 0 Å². The molecule has 2 amide bonds. The van der Waals surface area contributed by atoms with Crippen molar-refractivity contribution >= 4 is 33.9 Å². The van der Waals surface area contributed by atoms with E-state index in [0.717, 1.165) is 34.2 Å². The smallest absolute Gasteiger partial charge is 0.407 e. The van der Waals surface area contributed by atoms with Crippen molar-refractivity contribution in [3.05, 3.63) is 42.0 Å². The predicted octanol–water partition coefficient (Wildman–Crippen LogP) is 3.69. The zero-order chi connectivity index (χ0) is 27.3. The number of benzene rings is 2. The van der Waals surface area contributed by atoms with Crippen molar-refractivity contribution in [2.75, 3.05) is 40.3 Å². The van der Waals surface area contributed by atoms with Crippen molar-refractivity contribution in [1.82, 2.24) is 35.7 Å². The summed E-state index contributed by atoms with van der Waals surface area (Å²) in [5.74, 6) is 1.16. The Hall–Kier alpha value is -4.12. The summed E-state index contributed by atoms with van der Waals surface area (Å²) in [7, 11) is 4.01. The van der Waals surface area contributed by atoms with Crippen LogP contribution in [0.1, 0.15) is 37.6 Å². The van der Waals surface area contributed by atoms with Crippen LogP contribution in [0.4, 0.5) is 4.79 Å². The fourth-order valence-corrected chi connectivity index (χ4v) is 3.77. The van der Waals surface area contributed by atoms with Crippen molar-refractivity contribution in [2.45, 2.75) is 32.8 Å². The van der Waals surface area contributed by atoms with Crippen molar-refractivity contribution in [1.29, 1.82) is 0 Å². The first-order valence-corrected chi connectivity index (χ1v) is 12.6. The zero-order valence-corrected chi connectivity index (χ0v) is 22.5. The predicted molar refractivity (Wildman–Crippen MR) is 146 cm³/mol. The van der Waals surface area contributed by atoms with Crippen LogP contribution in [-0.2, 0) is 4.74 Å². The van der Waals surface area contributed by atoms with E-state index in [1.54, 1.807) is 12.1 Å². The first kappa shape index (κ1) is 26.9. The standard InChI is InChI=1S/C27H35N7O4/c1-27(2,3)38-26(36)29-12-6-11-28-25(35)17-7-9-20-19(15-17)23(33-32-20)24-30-21-10-8-18(16-22(21)31-24)37-14-13-34(4)5/h7-10,15-16H,6,11-14H2,1-5H3,(H,28,35)(H,29,36)(H,30,31)(H,32,33). The van der Waals surface area contributed by atoms with Gasteiger partial charge in [0.05, 0.1) is 16.6 Å². The molecule has 2 aromatic heterocycles. The molecule has 4 rings (SSSR count). The molecule has 4 aromatic rings. The maximum Gasteiger partial charge on any atom is 0.407 e. The molecule has 2 heterocycles. The highest BCUT2D eigenvalue weighted by Gasteiger charge is 2.17. The maximum atomic E-state index is 12.8. The van der Waals surface area contributed by atoms with Gasteiger partial charge in [-0.1, -0.05) is 0 Å². The number of likely N-dealkylation sites (N-methyl/N-ethyl adjacent to an activating group) is 1. The van der Waals surface area contributed by atoms with Gasteiger partial charge in [-0.25, -0.2) is 9.78 Å². The summed E-state index contributed by atoms with van der Waals surface area (Å²) in [6.07, 6.45) is 0.102. The van der Waals surface area contributed by atoms with Crippen LogP contribution < -0.4 is 15.4 Å². The van der Waals surface area contributed by atoms with Gasteiger partial charge in [0.2, 0.25) is 0 Å². The number of nitrogens with one attached hydrogen (secondary N) is 4. The fourth-order valence-electron chi connectivity index (χ4n) is 3.77. The molecule has 2 aromatic carbocycles. The number of hydrogen-bond acceptors (Lipinski definition) is 7. The number of nitrogens with zero attached hydrogens (tertiary/aromatic N) is 3. The monoisotopic (exact) mass is 521 g/mol. The van der Waals surface area contributed by atoms with E-state index in [-0.39, 0.29) is 5.91 Å². The molecule has 0 fully saturated rings. The average Bonchev–Trinajstić information content (AvgIpc) is 3.45. The van der Waals surface area contributed by atoms with Gasteiger partial charge < -0.3 is 30.0 Å². The molecule has 0 aliphatic rings. The van der Waals surface area contributed by atoms with Gasteiger partial charge in [0.25, 0.3) is 5.91 Å². The molecule has 4 N–H and O–H groups in total. The van der Waals surface area contributed by atoms with E-state index >= 15 is 0 Å². The molecular weight excluding hydrogens is 486 g/mol. The number of aromatic nitrogens is 4. The second-order valence-electron chi connectivity index (χ2n) is 10.3. The Bertz CT molecular complexity index is 1420. The van der Waals surface area contributed by atoms with E-state index in [1.165, 1.54) is 0 Å². The number of ether oxygens (including phenoxy) is 2. The van der Waals surface area contributed by atoms with Crippen LogP contribution in [0.25, 0.3) is 33.5 Å². The quantitative estimate of drug-likeness (QED) is 0.234. The molecule has 0 saturated heterocycles.